The average Bonchev–Trinajstić information content (AvgIpc) is 3.16. The van der Waals surface area contributed by atoms with Crippen molar-refractivity contribution in [3.05, 3.63) is 29.3 Å². The highest BCUT2D eigenvalue weighted by Crippen LogP contribution is 2.23. The summed E-state index contributed by atoms with van der Waals surface area (Å²) in [5.41, 5.74) is 1.84. The molecule has 0 aliphatic rings. The van der Waals surface area contributed by atoms with E-state index in [4.69, 9.17) is 0 Å². The van der Waals surface area contributed by atoms with Gasteiger partial charge in [-0.05, 0) is 38.0 Å². The second kappa shape index (κ2) is 8.12. The number of rotatable bonds is 7. The molecule has 0 aliphatic carbocycles. The molecule has 0 saturated carbocycles. The van der Waals surface area contributed by atoms with E-state index in [0.717, 1.165) is 29.2 Å². The lowest BCUT2D eigenvalue weighted by Crippen LogP contribution is -2.46. The van der Waals surface area contributed by atoms with Crippen LogP contribution in [0.1, 0.15) is 19.0 Å². The number of nitrogens with one attached hydrogen (secondary N) is 2. The van der Waals surface area contributed by atoms with Crippen LogP contribution in [0.4, 0.5) is 4.79 Å². The van der Waals surface area contributed by atoms with Crippen LogP contribution in [0.25, 0.3) is 10.6 Å². The van der Waals surface area contributed by atoms with E-state index in [1.165, 1.54) is 0 Å². The highest BCUT2D eigenvalue weighted by atomic mass is 32.1. The van der Waals surface area contributed by atoms with Crippen molar-refractivity contribution >= 4 is 17.4 Å². The zero-order valence-corrected chi connectivity index (χ0v) is 15.0. The Hall–Kier alpha value is -1.86. The van der Waals surface area contributed by atoms with E-state index in [1.807, 2.05) is 37.7 Å². The van der Waals surface area contributed by atoms with Crippen molar-refractivity contribution < 1.29 is 4.79 Å². The lowest BCUT2D eigenvalue weighted by atomic mass is 10.2. The number of thiophene rings is 1. The molecule has 2 aromatic rings. The van der Waals surface area contributed by atoms with Crippen LogP contribution in [0.2, 0.25) is 0 Å². The summed E-state index contributed by atoms with van der Waals surface area (Å²) in [5, 5.41) is 12.4. The summed E-state index contributed by atoms with van der Waals surface area (Å²) in [7, 11) is 5.81. The molecule has 0 aliphatic heterocycles. The first-order valence-corrected chi connectivity index (χ1v) is 8.62. The number of carbonyl (C=O) groups is 1. The Labute approximate surface area is 141 Å². The molecule has 0 fully saturated rings. The van der Waals surface area contributed by atoms with Gasteiger partial charge in [0.2, 0.25) is 0 Å². The quantitative estimate of drug-likeness (QED) is 0.817. The molecule has 2 amide bonds. The van der Waals surface area contributed by atoms with Gasteiger partial charge in [-0.15, -0.1) is 11.3 Å². The molecule has 2 N–H and O–H groups in total. The lowest BCUT2D eigenvalue weighted by Gasteiger charge is -2.24. The van der Waals surface area contributed by atoms with Crippen LogP contribution < -0.4 is 5.32 Å². The number of hydrogen-bond donors (Lipinski definition) is 2. The normalized spacial score (nSPS) is 12.4. The van der Waals surface area contributed by atoms with Crippen molar-refractivity contribution in [2.75, 3.05) is 27.7 Å². The maximum atomic E-state index is 12.3. The van der Waals surface area contributed by atoms with E-state index in [0.29, 0.717) is 6.54 Å². The average molecular weight is 335 g/mol. The molecule has 0 bridgehead atoms. The standard InChI is InChI=1S/C16H25N5OS/c1-5-12(10-20(2)3)17-16(22)21(4)11-13-9-14(19-18-13)15-7-6-8-23-15/h6-9,12H,5,10-11H2,1-4H3,(H,17,22)(H,18,19)/t12-/m1/s1. The highest BCUT2D eigenvalue weighted by Gasteiger charge is 2.16. The Morgan fingerprint density at radius 2 is 2.22 bits per heavy atom. The van der Waals surface area contributed by atoms with Crippen LogP contribution in [-0.4, -0.2) is 59.8 Å². The first kappa shape index (κ1) is 17.5. The van der Waals surface area contributed by atoms with Crippen LogP contribution in [0.15, 0.2) is 23.6 Å². The zero-order valence-electron chi connectivity index (χ0n) is 14.2. The van der Waals surface area contributed by atoms with E-state index < -0.39 is 0 Å². The molecule has 0 spiro atoms. The van der Waals surface area contributed by atoms with Gasteiger partial charge in [-0.25, -0.2) is 4.79 Å². The highest BCUT2D eigenvalue weighted by molar-refractivity contribution is 7.13. The third-order valence-electron chi connectivity index (χ3n) is 3.56. The summed E-state index contributed by atoms with van der Waals surface area (Å²) < 4.78 is 0. The van der Waals surface area contributed by atoms with E-state index in [-0.39, 0.29) is 12.1 Å². The van der Waals surface area contributed by atoms with Crippen LogP contribution in [-0.2, 0) is 6.54 Å². The molecule has 0 aromatic carbocycles. The Morgan fingerprint density at radius 1 is 1.43 bits per heavy atom. The van der Waals surface area contributed by atoms with Crippen molar-refractivity contribution in [3.63, 3.8) is 0 Å². The Kier molecular flexibility index (Phi) is 6.18. The number of aromatic nitrogens is 2. The Bertz CT molecular complexity index is 608. The minimum Gasteiger partial charge on any atom is -0.334 e. The van der Waals surface area contributed by atoms with E-state index in [2.05, 4.69) is 27.3 Å². The van der Waals surface area contributed by atoms with Gasteiger partial charge in [0.05, 0.1) is 17.1 Å². The predicted octanol–water partition coefficient (Wildman–Crippen LogP) is 2.62. The summed E-state index contributed by atoms with van der Waals surface area (Å²) in [5.74, 6) is 0. The number of urea groups is 1. The number of likely N-dealkylation sites (N-methyl/N-ethyl adjacent to an activating group) is 1. The summed E-state index contributed by atoms with van der Waals surface area (Å²) in [6.45, 7) is 3.42. The molecule has 6 nitrogen and oxygen atoms in total. The molecule has 2 aromatic heterocycles. The fourth-order valence-corrected chi connectivity index (χ4v) is 3.01. The maximum absolute atomic E-state index is 12.3. The fourth-order valence-electron chi connectivity index (χ4n) is 2.32. The van der Waals surface area contributed by atoms with Crippen molar-refractivity contribution in [3.8, 4) is 10.6 Å². The minimum absolute atomic E-state index is 0.0639. The number of H-pyrrole nitrogens is 1. The van der Waals surface area contributed by atoms with Gasteiger partial charge in [-0.1, -0.05) is 13.0 Å². The Balaban J connectivity index is 1.90. The molecular formula is C16H25N5OS. The smallest absolute Gasteiger partial charge is 0.317 e. The number of nitrogens with zero attached hydrogens (tertiary/aromatic N) is 3. The predicted molar refractivity (Wildman–Crippen MR) is 94.5 cm³/mol. The van der Waals surface area contributed by atoms with Gasteiger partial charge in [0.1, 0.15) is 5.69 Å². The molecule has 23 heavy (non-hydrogen) atoms. The third-order valence-corrected chi connectivity index (χ3v) is 4.46. The molecular weight excluding hydrogens is 310 g/mol. The molecule has 126 valence electrons. The van der Waals surface area contributed by atoms with Gasteiger partial charge in [0.25, 0.3) is 0 Å². The van der Waals surface area contributed by atoms with Crippen LogP contribution >= 0.6 is 11.3 Å². The van der Waals surface area contributed by atoms with Gasteiger partial charge in [0, 0.05) is 19.6 Å². The summed E-state index contributed by atoms with van der Waals surface area (Å²) in [4.78, 5) is 17.2. The molecule has 0 unspecified atom stereocenters. The minimum atomic E-state index is -0.0639. The van der Waals surface area contributed by atoms with E-state index in [9.17, 15) is 4.79 Å². The van der Waals surface area contributed by atoms with E-state index in [1.54, 1.807) is 23.3 Å². The maximum Gasteiger partial charge on any atom is 0.317 e. The number of carbonyl (C=O) groups excluding carboxylic acids is 1. The van der Waals surface area contributed by atoms with Crippen molar-refractivity contribution in [2.45, 2.75) is 25.9 Å². The van der Waals surface area contributed by atoms with Gasteiger partial charge in [0.15, 0.2) is 0 Å². The monoisotopic (exact) mass is 335 g/mol. The van der Waals surface area contributed by atoms with E-state index >= 15 is 0 Å². The van der Waals surface area contributed by atoms with Crippen molar-refractivity contribution in [2.24, 2.45) is 0 Å². The first-order valence-electron chi connectivity index (χ1n) is 7.74. The zero-order chi connectivity index (χ0) is 16.8. The summed E-state index contributed by atoms with van der Waals surface area (Å²) >= 11 is 1.65. The van der Waals surface area contributed by atoms with Crippen LogP contribution in [0, 0.1) is 0 Å². The van der Waals surface area contributed by atoms with Crippen molar-refractivity contribution in [1.29, 1.82) is 0 Å². The number of amides is 2. The van der Waals surface area contributed by atoms with Crippen molar-refractivity contribution in [1.82, 2.24) is 25.3 Å². The fraction of sp³-hybridized carbons (Fsp3) is 0.500. The molecule has 0 saturated heterocycles. The third kappa shape index (κ3) is 5.07. The lowest BCUT2D eigenvalue weighted by molar-refractivity contribution is 0.198. The molecule has 7 heteroatoms. The van der Waals surface area contributed by atoms with Gasteiger partial charge in [-0.3, -0.25) is 5.10 Å². The summed E-state index contributed by atoms with van der Waals surface area (Å²) in [6, 6.07) is 6.12. The molecule has 1 atom stereocenters. The second-order valence-corrected chi connectivity index (χ2v) is 6.88. The Morgan fingerprint density at radius 3 is 2.83 bits per heavy atom. The SMILES string of the molecule is CC[C@H](CN(C)C)NC(=O)N(C)Cc1cc(-c2cccs2)n[nH]1. The van der Waals surface area contributed by atoms with Gasteiger partial charge in [-0.2, -0.15) is 5.10 Å². The molecule has 2 heterocycles. The van der Waals surface area contributed by atoms with Crippen LogP contribution in [0.5, 0.6) is 0 Å². The molecule has 2 rings (SSSR count). The largest absolute Gasteiger partial charge is 0.334 e. The van der Waals surface area contributed by atoms with Gasteiger partial charge >= 0.3 is 6.03 Å². The van der Waals surface area contributed by atoms with Crippen LogP contribution in [0.3, 0.4) is 0 Å². The first-order chi connectivity index (χ1) is 11.0. The molecule has 0 radical (unpaired) electrons. The topological polar surface area (TPSA) is 64.3 Å². The second-order valence-electron chi connectivity index (χ2n) is 5.93. The van der Waals surface area contributed by atoms with Gasteiger partial charge < -0.3 is 15.1 Å². The summed E-state index contributed by atoms with van der Waals surface area (Å²) in [6.07, 6.45) is 0.907. The number of hydrogen-bond acceptors (Lipinski definition) is 4. The number of aromatic amines is 1.